The van der Waals surface area contributed by atoms with Crippen LogP contribution in [0.4, 0.5) is 5.69 Å². The Kier molecular flexibility index (Phi) is 4.57. The fraction of sp³-hybridized carbons (Fsp3) is 0.300. The van der Waals surface area contributed by atoms with Gasteiger partial charge < -0.3 is 4.74 Å². The van der Waals surface area contributed by atoms with Crippen molar-refractivity contribution in [2.24, 2.45) is 0 Å². The van der Waals surface area contributed by atoms with Crippen LogP contribution in [0.1, 0.15) is 5.56 Å². The number of rotatable bonds is 5. The number of esters is 1. The van der Waals surface area contributed by atoms with E-state index in [1.54, 1.807) is 0 Å². The summed E-state index contributed by atoms with van der Waals surface area (Å²) in [7, 11) is -3.06. The van der Waals surface area contributed by atoms with Crippen molar-refractivity contribution >= 4 is 21.7 Å². The molecule has 1 aromatic rings. The van der Waals surface area contributed by atoms with Crippen molar-refractivity contribution in [2.45, 2.75) is 11.8 Å². The third-order valence-electron chi connectivity index (χ3n) is 2.29. The van der Waals surface area contributed by atoms with Gasteiger partial charge in [-0.25, -0.2) is 8.42 Å². The number of methoxy groups -OCH3 is 1. The lowest BCUT2D eigenvalue weighted by molar-refractivity contribution is -0.387. The van der Waals surface area contributed by atoms with Gasteiger partial charge >= 0.3 is 5.97 Å². The zero-order valence-corrected chi connectivity index (χ0v) is 11.1. The lowest BCUT2D eigenvalue weighted by atomic mass is 10.2. The minimum absolute atomic E-state index is 0.214. The number of nitro benzene ring substituents is 1. The number of benzene rings is 1. The highest BCUT2D eigenvalue weighted by Gasteiger charge is 2.28. The first-order valence-corrected chi connectivity index (χ1v) is 6.58. The summed E-state index contributed by atoms with van der Waals surface area (Å²) in [6.07, 6.45) is 0. The smallest absolute Gasteiger partial charge is 0.320 e. The van der Waals surface area contributed by atoms with Crippen molar-refractivity contribution in [3.05, 3.63) is 33.9 Å². The van der Waals surface area contributed by atoms with Gasteiger partial charge in [-0.15, -0.1) is 0 Å². The van der Waals surface area contributed by atoms with E-state index >= 15 is 0 Å². The Morgan fingerprint density at radius 2 is 2.11 bits per heavy atom. The van der Waals surface area contributed by atoms with E-state index in [0.717, 1.165) is 13.2 Å². The molecule has 0 radical (unpaired) electrons. The molecule has 0 bridgehead atoms. The molecule has 0 aliphatic rings. The first kappa shape index (κ1) is 15.1. The molecule has 1 rings (SSSR count). The molecule has 0 saturated heterocycles. The zero-order chi connectivity index (χ0) is 14.6. The van der Waals surface area contributed by atoms with Gasteiger partial charge in [-0.3, -0.25) is 14.9 Å². The Morgan fingerprint density at radius 1 is 1.47 bits per heavy atom. The Bertz CT molecular complexity index is 610. The van der Waals surface area contributed by atoms with E-state index < -0.39 is 38.0 Å². The fourth-order valence-electron chi connectivity index (χ4n) is 1.43. The van der Waals surface area contributed by atoms with E-state index in [4.69, 9.17) is 0 Å². The molecule has 0 heterocycles. The minimum Gasteiger partial charge on any atom is -0.468 e. The van der Waals surface area contributed by atoms with Crippen molar-refractivity contribution < 1.29 is 22.9 Å². The van der Waals surface area contributed by atoms with Gasteiger partial charge in [0, 0.05) is 6.07 Å². The van der Waals surface area contributed by atoms with Gasteiger partial charge in [0.1, 0.15) is 6.54 Å². The lowest BCUT2D eigenvalue weighted by Crippen LogP contribution is -2.31. The third kappa shape index (κ3) is 3.48. The lowest BCUT2D eigenvalue weighted by Gasteiger charge is -2.08. The summed E-state index contributed by atoms with van der Waals surface area (Å²) in [5.41, 5.74) is -0.330. The van der Waals surface area contributed by atoms with E-state index in [1.165, 1.54) is 19.1 Å². The highest BCUT2D eigenvalue weighted by atomic mass is 32.2. The summed E-state index contributed by atoms with van der Waals surface area (Å²) in [5.74, 6) is -0.792. The van der Waals surface area contributed by atoms with Crippen LogP contribution in [0.5, 0.6) is 0 Å². The average Bonchev–Trinajstić information content (AvgIpc) is 2.35. The molecule has 0 fully saturated rings. The standard InChI is InChI=1S/C10H12N2O6S/c1-7-4-3-5-8(12(14)15)10(7)19(16,17)11-6-9(13)18-2/h3-5,11H,6H2,1-2H3. The van der Waals surface area contributed by atoms with Gasteiger partial charge in [-0.05, 0) is 12.5 Å². The second-order valence-electron chi connectivity index (χ2n) is 3.58. The molecule has 19 heavy (non-hydrogen) atoms. The number of nitro groups is 1. The molecule has 104 valence electrons. The van der Waals surface area contributed by atoms with E-state index in [9.17, 15) is 23.3 Å². The van der Waals surface area contributed by atoms with Crippen LogP contribution < -0.4 is 4.72 Å². The van der Waals surface area contributed by atoms with E-state index in [-0.39, 0.29) is 5.56 Å². The highest BCUT2D eigenvalue weighted by molar-refractivity contribution is 7.89. The zero-order valence-electron chi connectivity index (χ0n) is 10.2. The summed E-state index contributed by atoms with van der Waals surface area (Å²) < 4.78 is 30.2. The molecule has 0 aliphatic carbocycles. The first-order valence-electron chi connectivity index (χ1n) is 5.10. The summed E-state index contributed by atoms with van der Waals surface area (Å²) in [6.45, 7) is 0.837. The number of sulfonamides is 1. The maximum absolute atomic E-state index is 12.0. The molecule has 0 atom stereocenters. The number of hydrogen-bond acceptors (Lipinski definition) is 6. The summed E-state index contributed by atoms with van der Waals surface area (Å²) in [5, 5.41) is 10.8. The van der Waals surface area contributed by atoms with Crippen LogP contribution in [-0.4, -0.2) is 33.0 Å². The number of ether oxygens (including phenoxy) is 1. The Hall–Kier alpha value is -2.00. The van der Waals surface area contributed by atoms with Gasteiger partial charge in [0.2, 0.25) is 10.0 Å². The third-order valence-corrected chi connectivity index (χ3v) is 3.88. The molecular weight excluding hydrogens is 276 g/mol. The average molecular weight is 288 g/mol. The maximum atomic E-state index is 12.0. The highest BCUT2D eigenvalue weighted by Crippen LogP contribution is 2.26. The monoisotopic (exact) mass is 288 g/mol. The number of hydrogen-bond donors (Lipinski definition) is 1. The van der Waals surface area contributed by atoms with Crippen LogP contribution >= 0.6 is 0 Å². The van der Waals surface area contributed by atoms with Gasteiger partial charge in [0.15, 0.2) is 4.90 Å². The van der Waals surface area contributed by atoms with Crippen LogP contribution in [0, 0.1) is 17.0 Å². The SMILES string of the molecule is COC(=O)CNS(=O)(=O)c1c(C)cccc1[N+](=O)[O-]. The number of carbonyl (C=O) groups excluding carboxylic acids is 1. The van der Waals surface area contributed by atoms with Crippen LogP contribution in [0.25, 0.3) is 0 Å². The molecule has 1 aromatic carbocycles. The number of nitrogens with zero attached hydrogens (tertiary/aromatic N) is 1. The second kappa shape index (κ2) is 5.76. The molecule has 0 saturated carbocycles. The number of nitrogens with one attached hydrogen (secondary N) is 1. The van der Waals surface area contributed by atoms with Crippen LogP contribution in [0.2, 0.25) is 0 Å². The molecule has 0 unspecified atom stereocenters. The van der Waals surface area contributed by atoms with Crippen molar-refractivity contribution in [2.75, 3.05) is 13.7 Å². The van der Waals surface area contributed by atoms with Crippen molar-refractivity contribution in [1.29, 1.82) is 0 Å². The quantitative estimate of drug-likeness (QED) is 0.475. The van der Waals surface area contributed by atoms with E-state index in [1.807, 2.05) is 4.72 Å². The van der Waals surface area contributed by atoms with Crippen molar-refractivity contribution in [3.63, 3.8) is 0 Å². The number of carbonyl (C=O) groups is 1. The van der Waals surface area contributed by atoms with Crippen LogP contribution in [0.3, 0.4) is 0 Å². The summed E-state index contributed by atoms with van der Waals surface area (Å²) in [4.78, 5) is 20.5. The van der Waals surface area contributed by atoms with E-state index in [0.29, 0.717) is 0 Å². The van der Waals surface area contributed by atoms with Crippen LogP contribution in [-0.2, 0) is 19.6 Å². The second-order valence-corrected chi connectivity index (χ2v) is 5.28. The topological polar surface area (TPSA) is 116 Å². The van der Waals surface area contributed by atoms with E-state index in [2.05, 4.69) is 4.74 Å². The van der Waals surface area contributed by atoms with Gasteiger partial charge in [-0.2, -0.15) is 4.72 Å². The fourth-order valence-corrected chi connectivity index (χ4v) is 2.79. The van der Waals surface area contributed by atoms with Gasteiger partial charge in [0.05, 0.1) is 12.0 Å². The van der Waals surface area contributed by atoms with Crippen LogP contribution in [0.15, 0.2) is 23.1 Å². The molecule has 0 aliphatic heterocycles. The predicted molar refractivity (Wildman–Crippen MR) is 65.0 cm³/mol. The molecular formula is C10H12N2O6S. The van der Waals surface area contributed by atoms with Gasteiger partial charge in [-0.1, -0.05) is 12.1 Å². The molecule has 0 spiro atoms. The summed E-state index contributed by atoms with van der Waals surface area (Å²) in [6, 6.07) is 3.90. The normalized spacial score (nSPS) is 11.1. The Labute approximate surface area is 109 Å². The van der Waals surface area contributed by atoms with Gasteiger partial charge in [0.25, 0.3) is 5.69 Å². The molecule has 9 heteroatoms. The molecule has 1 N–H and O–H groups in total. The first-order chi connectivity index (χ1) is 8.79. The molecule has 8 nitrogen and oxygen atoms in total. The molecule has 0 aromatic heterocycles. The van der Waals surface area contributed by atoms with Crippen molar-refractivity contribution in [3.8, 4) is 0 Å². The Morgan fingerprint density at radius 3 is 2.63 bits per heavy atom. The Balaban J connectivity index is 3.21. The minimum atomic E-state index is -4.16. The largest absolute Gasteiger partial charge is 0.468 e. The number of aryl methyl sites for hydroxylation is 1. The predicted octanol–water partition coefficient (Wildman–Crippen LogP) is 0.355. The molecule has 0 amide bonds. The maximum Gasteiger partial charge on any atom is 0.320 e. The van der Waals surface area contributed by atoms with Crippen molar-refractivity contribution in [1.82, 2.24) is 4.72 Å². The summed E-state index contributed by atoms with van der Waals surface area (Å²) >= 11 is 0.